The molecule has 2 fully saturated rings. The second-order valence-corrected chi connectivity index (χ2v) is 23.7. The molecule has 0 N–H and O–H groups in total. The van der Waals surface area contributed by atoms with Crippen molar-refractivity contribution in [2.24, 2.45) is 0 Å². The smallest absolute Gasteiger partial charge is 0.265 e. The van der Waals surface area contributed by atoms with Gasteiger partial charge < -0.3 is 0 Å². The number of benzene rings is 7. The van der Waals surface area contributed by atoms with Gasteiger partial charge in [0.05, 0.1) is 11.4 Å². The van der Waals surface area contributed by atoms with E-state index in [-0.39, 0.29) is 34.5 Å². The summed E-state index contributed by atoms with van der Waals surface area (Å²) in [6.07, 6.45) is 8.73. The van der Waals surface area contributed by atoms with Crippen molar-refractivity contribution in [1.29, 1.82) is 0 Å². The van der Waals surface area contributed by atoms with E-state index in [1.807, 2.05) is 84.9 Å². The van der Waals surface area contributed by atoms with Crippen molar-refractivity contribution in [3.63, 3.8) is 0 Å². The molecule has 6 nitrogen and oxygen atoms in total. The molecule has 0 radical (unpaired) electrons. The lowest BCUT2D eigenvalue weighted by atomic mass is 9.83. The van der Waals surface area contributed by atoms with E-state index >= 15 is 0 Å². The monoisotopic (exact) mass is 1070 g/mol. The maximum atomic E-state index is 14.5. The van der Waals surface area contributed by atoms with Gasteiger partial charge in [0.2, 0.25) is 0 Å². The number of carbonyl (C=O) groups is 4. The zero-order chi connectivity index (χ0) is 50.4. The molecule has 0 bridgehead atoms. The van der Waals surface area contributed by atoms with Gasteiger partial charge in [-0.1, -0.05) is 147 Å². The van der Waals surface area contributed by atoms with Crippen LogP contribution >= 0.6 is 31.9 Å². The number of amides is 4. The van der Waals surface area contributed by atoms with E-state index in [4.69, 9.17) is 0 Å². The molecular weight excluding hydrogens is 1020 g/mol. The second-order valence-electron chi connectivity index (χ2n) is 22.0. The molecule has 4 aliphatic rings. The van der Waals surface area contributed by atoms with Crippen molar-refractivity contribution in [2.75, 3.05) is 9.80 Å². The molecule has 358 valence electrons. The summed E-state index contributed by atoms with van der Waals surface area (Å²) >= 11 is 7.48. The average Bonchev–Trinajstić information content (AvgIpc) is 4.11. The number of carbonyl (C=O) groups excluding carboxylic acids is 4. The van der Waals surface area contributed by atoms with E-state index in [2.05, 4.69) is 121 Å². The van der Waals surface area contributed by atoms with Gasteiger partial charge in [0.1, 0.15) is 0 Å². The predicted molar refractivity (Wildman–Crippen MR) is 297 cm³/mol. The summed E-state index contributed by atoms with van der Waals surface area (Å²) in [6, 6.07) is 34.9. The van der Waals surface area contributed by atoms with Gasteiger partial charge in [-0.15, -0.1) is 0 Å². The van der Waals surface area contributed by atoms with Gasteiger partial charge in [0.25, 0.3) is 23.6 Å². The Hall–Kier alpha value is -6.58. The van der Waals surface area contributed by atoms with Gasteiger partial charge in [-0.3, -0.25) is 19.2 Å². The fraction of sp³-hybridized carbons (Fsp3) is 0.281. The number of rotatable bonds is 4. The van der Waals surface area contributed by atoms with E-state index in [1.165, 1.54) is 20.9 Å². The molecule has 0 spiro atoms. The van der Waals surface area contributed by atoms with Crippen LogP contribution in [0.4, 0.5) is 11.4 Å². The summed E-state index contributed by atoms with van der Waals surface area (Å²) in [6.45, 7) is 13.1. The third-order valence-corrected chi connectivity index (χ3v) is 16.7. The molecule has 7 aromatic carbocycles. The van der Waals surface area contributed by atoms with E-state index in [9.17, 15) is 19.2 Å². The largest absolute Gasteiger partial charge is 0.268 e. The third kappa shape index (κ3) is 8.22. The minimum atomic E-state index is -0.325. The van der Waals surface area contributed by atoms with Crippen molar-refractivity contribution < 1.29 is 19.2 Å². The molecule has 2 saturated carbocycles. The van der Waals surface area contributed by atoms with Crippen LogP contribution in [0.2, 0.25) is 0 Å². The van der Waals surface area contributed by atoms with E-state index in [0.29, 0.717) is 67.4 Å². The maximum absolute atomic E-state index is 14.5. The molecule has 11 rings (SSSR count). The van der Waals surface area contributed by atoms with Crippen molar-refractivity contribution in [3.05, 3.63) is 185 Å². The normalized spacial score (nSPS) is 16.2. The topological polar surface area (TPSA) is 74.8 Å². The standard InChI is InChI=1S/C64H54Br2N2O4/c1-63(2,3)43-25-33-53(49(35-43)39-11-7-8-12-39)67-59(69)45-27-23-41(55-51(65)31-29-47(57(45)55)61(67)71)21-19-37-15-17-38(18-16-37)20-22-42-24-28-46-58-48(30-32-52(66)56(42)58)62(72)68(60(46)70)54-34-26-44(64(4,5)6)36-50(54)40-13-9-10-14-40/h15-18,23-36,39-40H,7-14H2,1-6H3. The fourth-order valence-corrected chi connectivity index (χ4v) is 12.5. The first kappa shape index (κ1) is 47.7. The molecule has 0 aromatic heterocycles. The Bertz CT molecular complexity index is 3350. The average molecular weight is 1070 g/mol. The van der Waals surface area contributed by atoms with Crippen LogP contribution in [0.5, 0.6) is 0 Å². The molecular formula is C64H54Br2N2O4. The van der Waals surface area contributed by atoms with Crippen LogP contribution < -0.4 is 9.80 Å². The van der Waals surface area contributed by atoms with E-state index in [0.717, 1.165) is 93.3 Å². The second kappa shape index (κ2) is 18.2. The van der Waals surface area contributed by atoms with Crippen molar-refractivity contribution in [2.45, 2.75) is 116 Å². The summed E-state index contributed by atoms with van der Waals surface area (Å²) < 4.78 is 1.51. The molecule has 2 aliphatic carbocycles. The van der Waals surface area contributed by atoms with Crippen LogP contribution in [-0.4, -0.2) is 23.6 Å². The molecule has 2 heterocycles. The Morgan fingerprint density at radius 1 is 0.417 bits per heavy atom. The highest BCUT2D eigenvalue weighted by Crippen LogP contribution is 2.47. The highest BCUT2D eigenvalue weighted by Gasteiger charge is 2.40. The van der Waals surface area contributed by atoms with Crippen molar-refractivity contribution in [3.8, 4) is 23.7 Å². The molecule has 0 unspecified atom stereocenters. The van der Waals surface area contributed by atoms with Crippen LogP contribution in [0.1, 0.15) is 191 Å². The third-order valence-electron chi connectivity index (χ3n) is 15.4. The number of halogens is 2. The van der Waals surface area contributed by atoms with Crippen molar-refractivity contribution >= 4 is 88.4 Å². The summed E-state index contributed by atoms with van der Waals surface area (Å²) in [7, 11) is 0. The summed E-state index contributed by atoms with van der Waals surface area (Å²) in [5, 5.41) is 2.68. The number of anilines is 2. The zero-order valence-corrected chi connectivity index (χ0v) is 44.7. The first-order valence-electron chi connectivity index (χ1n) is 25.2. The zero-order valence-electron chi connectivity index (χ0n) is 41.5. The minimum Gasteiger partial charge on any atom is -0.268 e. The Balaban J connectivity index is 0.877. The minimum absolute atomic E-state index is 0.0739. The number of hydrogen-bond acceptors (Lipinski definition) is 4. The first-order valence-corrected chi connectivity index (χ1v) is 26.8. The molecule has 4 amide bonds. The quantitative estimate of drug-likeness (QED) is 0.130. The van der Waals surface area contributed by atoms with Gasteiger partial charge in [-0.25, -0.2) is 9.80 Å². The lowest BCUT2D eigenvalue weighted by molar-refractivity contribution is 0.0877. The lowest BCUT2D eigenvalue weighted by Crippen LogP contribution is -2.41. The molecule has 0 saturated heterocycles. The summed E-state index contributed by atoms with van der Waals surface area (Å²) in [5.74, 6) is 12.6. The van der Waals surface area contributed by atoms with E-state index < -0.39 is 0 Å². The Kier molecular flexibility index (Phi) is 12.0. The highest BCUT2D eigenvalue weighted by atomic mass is 79.9. The first-order chi connectivity index (χ1) is 34.5. The van der Waals surface area contributed by atoms with Crippen molar-refractivity contribution in [1.82, 2.24) is 0 Å². The molecule has 7 aromatic rings. The Morgan fingerprint density at radius 2 is 0.750 bits per heavy atom. The van der Waals surface area contributed by atoms with Gasteiger partial charge in [0.15, 0.2) is 0 Å². The van der Waals surface area contributed by atoms with Crippen LogP contribution in [0, 0.1) is 23.7 Å². The van der Waals surface area contributed by atoms with E-state index in [1.54, 1.807) is 0 Å². The van der Waals surface area contributed by atoms with Gasteiger partial charge in [-0.05, 0) is 156 Å². The predicted octanol–water partition coefficient (Wildman–Crippen LogP) is 15.8. The lowest BCUT2D eigenvalue weighted by Gasteiger charge is -2.31. The molecule has 0 atom stereocenters. The summed E-state index contributed by atoms with van der Waals surface area (Å²) in [5.41, 5.74) is 10.6. The van der Waals surface area contributed by atoms with Gasteiger partial charge in [-0.2, -0.15) is 0 Å². The number of nitrogens with zero attached hydrogens (tertiary/aromatic N) is 2. The molecule has 8 heteroatoms. The molecule has 2 aliphatic heterocycles. The SMILES string of the molecule is CC(C)(C)c1ccc(N2C(=O)c3ccc(Br)c4c(C#Cc5ccc(C#Cc6ccc7c8c(ccc(Br)c68)C(=O)N(c6ccc(C(C)(C)C)cc6C6CCCC6)C7=O)cc5)ccc(c34)C2=O)c(C2CCCC2)c1. The van der Waals surface area contributed by atoms with Gasteiger partial charge in [0, 0.05) is 75.0 Å². The Labute approximate surface area is 438 Å². The van der Waals surface area contributed by atoms with Crippen LogP contribution in [-0.2, 0) is 10.8 Å². The highest BCUT2D eigenvalue weighted by molar-refractivity contribution is 9.11. The molecule has 72 heavy (non-hydrogen) atoms. The van der Waals surface area contributed by atoms with Gasteiger partial charge >= 0.3 is 0 Å². The van der Waals surface area contributed by atoms with Crippen LogP contribution in [0.15, 0.2) is 118 Å². The summed E-state index contributed by atoms with van der Waals surface area (Å²) in [4.78, 5) is 61.0. The number of imide groups is 2. The fourth-order valence-electron chi connectivity index (χ4n) is 11.4. The maximum Gasteiger partial charge on any atom is 0.265 e. The van der Waals surface area contributed by atoms with Crippen LogP contribution in [0.3, 0.4) is 0 Å². The Morgan fingerprint density at radius 3 is 1.08 bits per heavy atom. The number of hydrogen-bond donors (Lipinski definition) is 0. The van der Waals surface area contributed by atoms with Crippen LogP contribution in [0.25, 0.3) is 21.5 Å².